The highest BCUT2D eigenvalue weighted by Gasteiger charge is 2.46. The summed E-state index contributed by atoms with van der Waals surface area (Å²) >= 11 is 0. The summed E-state index contributed by atoms with van der Waals surface area (Å²) in [6, 6.07) is -0.740. The Labute approximate surface area is 123 Å². The molecule has 122 valence electrons. The van der Waals surface area contributed by atoms with Crippen molar-refractivity contribution in [2.75, 3.05) is 27.1 Å². The van der Waals surface area contributed by atoms with Crippen LogP contribution >= 0.6 is 0 Å². The first-order chi connectivity index (χ1) is 10.0. The third kappa shape index (κ3) is 5.03. The van der Waals surface area contributed by atoms with Gasteiger partial charge >= 0.3 is 0 Å². The Kier molecular flexibility index (Phi) is 7.79. The molecule has 0 unspecified atom stereocenters. The molecule has 0 aromatic heterocycles. The molecule has 8 nitrogen and oxygen atoms in total. The standard InChI is InChI=1S/C13H23NO7/c1-4-5-19-13-10(14-8(2)16)12(20-7-18-3)11(17)9(6-15)21-13/h4,9-13,15,17H,1,5-7H2,2-3H3,(H,14,16)/t9-,10+,11-,12-,13+/m1/s1. The van der Waals surface area contributed by atoms with Crippen molar-refractivity contribution in [3.63, 3.8) is 0 Å². The van der Waals surface area contributed by atoms with E-state index in [1.165, 1.54) is 20.1 Å². The average molecular weight is 305 g/mol. The minimum atomic E-state index is -1.13. The van der Waals surface area contributed by atoms with E-state index in [-0.39, 0.29) is 19.3 Å². The number of carbonyl (C=O) groups is 1. The van der Waals surface area contributed by atoms with Crippen molar-refractivity contribution in [2.24, 2.45) is 0 Å². The SMILES string of the molecule is C=CCO[C@H]1O[C@H](CO)[C@@H](O)[C@H](OCOC)[C@@H]1NC(C)=O. The molecule has 8 heteroatoms. The molecular weight excluding hydrogens is 282 g/mol. The number of aliphatic hydroxyl groups excluding tert-OH is 2. The summed E-state index contributed by atoms with van der Waals surface area (Å²) in [6.07, 6.45) is -2.21. The Morgan fingerprint density at radius 1 is 1.48 bits per heavy atom. The number of aliphatic hydroxyl groups is 2. The molecule has 0 radical (unpaired) electrons. The van der Waals surface area contributed by atoms with Gasteiger partial charge < -0.3 is 34.5 Å². The van der Waals surface area contributed by atoms with Crippen LogP contribution in [-0.4, -0.2) is 73.9 Å². The molecule has 0 saturated carbocycles. The summed E-state index contributed by atoms with van der Waals surface area (Å²) in [7, 11) is 1.44. The number of hydrogen-bond acceptors (Lipinski definition) is 7. The monoisotopic (exact) mass is 305 g/mol. The molecule has 1 amide bonds. The van der Waals surface area contributed by atoms with Gasteiger partial charge in [0.15, 0.2) is 6.29 Å². The predicted octanol–water partition coefficient (Wildman–Crippen LogP) is -1.24. The number of carbonyl (C=O) groups excluding carboxylic acids is 1. The first-order valence-electron chi connectivity index (χ1n) is 6.59. The topological polar surface area (TPSA) is 106 Å². The molecule has 1 heterocycles. The molecule has 0 bridgehead atoms. The van der Waals surface area contributed by atoms with E-state index in [0.717, 1.165) is 0 Å². The zero-order valence-corrected chi connectivity index (χ0v) is 12.2. The second kappa shape index (κ2) is 9.08. The largest absolute Gasteiger partial charge is 0.394 e. The van der Waals surface area contributed by atoms with Gasteiger partial charge in [0.1, 0.15) is 31.1 Å². The van der Waals surface area contributed by atoms with E-state index < -0.39 is 37.3 Å². The smallest absolute Gasteiger partial charge is 0.217 e. The quantitative estimate of drug-likeness (QED) is 0.380. The maximum atomic E-state index is 11.3. The summed E-state index contributed by atoms with van der Waals surface area (Å²) in [5, 5.41) is 22.1. The normalized spacial score (nSPS) is 32.7. The van der Waals surface area contributed by atoms with Crippen LogP contribution < -0.4 is 5.32 Å². The van der Waals surface area contributed by atoms with E-state index in [1.807, 2.05) is 0 Å². The summed E-state index contributed by atoms with van der Waals surface area (Å²) in [6.45, 7) is 4.57. The summed E-state index contributed by atoms with van der Waals surface area (Å²) in [5.74, 6) is -0.323. The van der Waals surface area contributed by atoms with Gasteiger partial charge in [-0.15, -0.1) is 6.58 Å². The highest BCUT2D eigenvalue weighted by molar-refractivity contribution is 5.73. The molecule has 1 saturated heterocycles. The van der Waals surface area contributed by atoms with Gasteiger partial charge in [-0.2, -0.15) is 0 Å². The second-order valence-electron chi connectivity index (χ2n) is 4.60. The van der Waals surface area contributed by atoms with Crippen LogP contribution in [0.5, 0.6) is 0 Å². The molecular formula is C13H23NO7. The van der Waals surface area contributed by atoms with Crippen LogP contribution in [0.1, 0.15) is 6.92 Å². The maximum Gasteiger partial charge on any atom is 0.217 e. The second-order valence-corrected chi connectivity index (χ2v) is 4.60. The molecule has 0 spiro atoms. The molecule has 1 aliphatic rings. The molecule has 1 aliphatic heterocycles. The molecule has 1 rings (SSSR count). The Morgan fingerprint density at radius 2 is 2.19 bits per heavy atom. The van der Waals surface area contributed by atoms with E-state index in [2.05, 4.69) is 11.9 Å². The fourth-order valence-corrected chi connectivity index (χ4v) is 2.11. The lowest BCUT2D eigenvalue weighted by Crippen LogP contribution is -2.65. The lowest BCUT2D eigenvalue weighted by Gasteiger charge is -2.43. The number of ether oxygens (including phenoxy) is 4. The van der Waals surface area contributed by atoms with Crippen LogP contribution in [0.25, 0.3) is 0 Å². The van der Waals surface area contributed by atoms with E-state index in [0.29, 0.717) is 0 Å². The van der Waals surface area contributed by atoms with Gasteiger partial charge in [0.05, 0.1) is 13.2 Å². The molecule has 5 atom stereocenters. The number of amides is 1. The lowest BCUT2D eigenvalue weighted by atomic mass is 9.96. The average Bonchev–Trinajstić information content (AvgIpc) is 2.45. The van der Waals surface area contributed by atoms with Gasteiger partial charge in [0.25, 0.3) is 0 Å². The van der Waals surface area contributed by atoms with Crippen LogP contribution in [0.4, 0.5) is 0 Å². The Balaban J connectivity index is 2.91. The summed E-state index contributed by atoms with van der Waals surface area (Å²) in [5.41, 5.74) is 0. The van der Waals surface area contributed by atoms with Gasteiger partial charge in [-0.3, -0.25) is 4.79 Å². The van der Waals surface area contributed by atoms with Crippen molar-refractivity contribution in [1.29, 1.82) is 0 Å². The van der Waals surface area contributed by atoms with Crippen molar-refractivity contribution in [3.8, 4) is 0 Å². The first-order valence-corrected chi connectivity index (χ1v) is 6.59. The Morgan fingerprint density at radius 3 is 2.71 bits per heavy atom. The fraction of sp³-hybridized carbons (Fsp3) is 0.769. The third-order valence-electron chi connectivity index (χ3n) is 2.98. The van der Waals surface area contributed by atoms with E-state index in [4.69, 9.17) is 18.9 Å². The molecule has 21 heavy (non-hydrogen) atoms. The number of nitrogens with one attached hydrogen (secondary N) is 1. The van der Waals surface area contributed by atoms with Gasteiger partial charge in [-0.05, 0) is 0 Å². The maximum absolute atomic E-state index is 11.3. The lowest BCUT2D eigenvalue weighted by molar-refractivity contribution is -0.282. The molecule has 0 aromatic rings. The van der Waals surface area contributed by atoms with Crippen molar-refractivity contribution in [2.45, 2.75) is 37.6 Å². The van der Waals surface area contributed by atoms with E-state index in [9.17, 15) is 15.0 Å². The van der Waals surface area contributed by atoms with E-state index in [1.54, 1.807) is 0 Å². The third-order valence-corrected chi connectivity index (χ3v) is 2.98. The first kappa shape index (κ1) is 18.0. The van der Waals surface area contributed by atoms with Crippen molar-refractivity contribution >= 4 is 5.91 Å². The minimum Gasteiger partial charge on any atom is -0.394 e. The highest BCUT2D eigenvalue weighted by atomic mass is 16.7. The van der Waals surface area contributed by atoms with Crippen LogP contribution in [0.15, 0.2) is 12.7 Å². The zero-order chi connectivity index (χ0) is 15.8. The van der Waals surface area contributed by atoms with Crippen LogP contribution in [0.3, 0.4) is 0 Å². The van der Waals surface area contributed by atoms with Crippen LogP contribution in [0, 0.1) is 0 Å². The van der Waals surface area contributed by atoms with Gasteiger partial charge in [0, 0.05) is 14.0 Å². The molecule has 3 N–H and O–H groups in total. The number of hydrogen-bond donors (Lipinski definition) is 3. The van der Waals surface area contributed by atoms with Crippen LogP contribution in [0.2, 0.25) is 0 Å². The van der Waals surface area contributed by atoms with E-state index >= 15 is 0 Å². The minimum absolute atomic E-state index is 0.0792. The molecule has 0 aliphatic carbocycles. The Bertz CT molecular complexity index is 338. The molecule has 0 aromatic carbocycles. The predicted molar refractivity (Wildman–Crippen MR) is 72.3 cm³/mol. The summed E-state index contributed by atoms with van der Waals surface area (Å²) in [4.78, 5) is 11.3. The van der Waals surface area contributed by atoms with Crippen molar-refractivity contribution in [1.82, 2.24) is 5.32 Å². The molecule has 1 fully saturated rings. The van der Waals surface area contributed by atoms with Gasteiger partial charge in [-0.25, -0.2) is 0 Å². The van der Waals surface area contributed by atoms with Crippen molar-refractivity contribution in [3.05, 3.63) is 12.7 Å². The van der Waals surface area contributed by atoms with Crippen molar-refractivity contribution < 1.29 is 34.0 Å². The Hall–Kier alpha value is -1.03. The number of methoxy groups -OCH3 is 1. The number of rotatable bonds is 8. The van der Waals surface area contributed by atoms with Crippen LogP contribution in [-0.2, 0) is 23.7 Å². The fourth-order valence-electron chi connectivity index (χ4n) is 2.11. The zero-order valence-electron chi connectivity index (χ0n) is 12.2. The van der Waals surface area contributed by atoms with Gasteiger partial charge in [-0.1, -0.05) is 6.08 Å². The summed E-state index contributed by atoms with van der Waals surface area (Å²) < 4.78 is 21.1. The highest BCUT2D eigenvalue weighted by Crippen LogP contribution is 2.24. The van der Waals surface area contributed by atoms with Gasteiger partial charge in [0.2, 0.25) is 5.91 Å².